The van der Waals surface area contributed by atoms with Crippen molar-refractivity contribution in [2.45, 2.75) is 37.0 Å². The number of sulfone groups is 1. The van der Waals surface area contributed by atoms with Crippen molar-refractivity contribution in [3.63, 3.8) is 0 Å². The first kappa shape index (κ1) is 15.0. The van der Waals surface area contributed by atoms with Gasteiger partial charge >= 0.3 is 0 Å². The monoisotopic (exact) mass is 296 g/mol. The van der Waals surface area contributed by atoms with Crippen LogP contribution in [-0.4, -0.2) is 27.1 Å². The molecule has 0 amide bonds. The van der Waals surface area contributed by atoms with Gasteiger partial charge in [0.05, 0.1) is 12.0 Å². The van der Waals surface area contributed by atoms with Crippen LogP contribution in [0.2, 0.25) is 0 Å². The Bertz CT molecular complexity index is 554. The van der Waals surface area contributed by atoms with Gasteiger partial charge in [0.2, 0.25) is 0 Å². The largest absolute Gasteiger partial charge is 0.497 e. The second-order valence-electron chi connectivity index (χ2n) is 5.24. The summed E-state index contributed by atoms with van der Waals surface area (Å²) in [5.74, 6) is 0.00382. The van der Waals surface area contributed by atoms with Crippen molar-refractivity contribution in [3.05, 3.63) is 24.3 Å². The fraction of sp³-hybridized carbons (Fsp3) is 0.533. The molecule has 1 aromatic carbocycles. The Balaban J connectivity index is 2.07. The summed E-state index contributed by atoms with van der Waals surface area (Å²) < 4.78 is 29.4. The van der Waals surface area contributed by atoms with E-state index in [9.17, 15) is 13.2 Å². The predicted molar refractivity (Wildman–Crippen MR) is 76.6 cm³/mol. The van der Waals surface area contributed by atoms with Gasteiger partial charge in [-0.2, -0.15) is 0 Å². The summed E-state index contributed by atoms with van der Waals surface area (Å²) in [6.45, 7) is 0. The van der Waals surface area contributed by atoms with Crippen molar-refractivity contribution in [2.24, 2.45) is 5.92 Å². The molecule has 1 fully saturated rings. The van der Waals surface area contributed by atoms with Gasteiger partial charge in [0.25, 0.3) is 0 Å². The molecule has 110 valence electrons. The summed E-state index contributed by atoms with van der Waals surface area (Å²) in [7, 11) is -2.02. The van der Waals surface area contributed by atoms with Gasteiger partial charge in [-0.25, -0.2) is 8.42 Å². The van der Waals surface area contributed by atoms with E-state index in [2.05, 4.69) is 0 Å². The number of Topliss-reactive ketones (excluding diaryl/α,β-unsaturated/α-hetero) is 1. The maximum absolute atomic E-state index is 12.2. The maximum Gasteiger partial charge on any atom is 0.185 e. The van der Waals surface area contributed by atoms with Gasteiger partial charge in [-0.15, -0.1) is 0 Å². The van der Waals surface area contributed by atoms with E-state index in [1.165, 1.54) is 19.2 Å². The molecule has 0 atom stereocenters. The van der Waals surface area contributed by atoms with Gasteiger partial charge in [-0.05, 0) is 37.1 Å². The first-order valence-corrected chi connectivity index (χ1v) is 8.57. The third-order valence-electron chi connectivity index (χ3n) is 3.81. The van der Waals surface area contributed by atoms with Gasteiger partial charge in [0.15, 0.2) is 15.6 Å². The van der Waals surface area contributed by atoms with E-state index in [-0.39, 0.29) is 22.3 Å². The standard InChI is InChI=1S/C15H20O4S/c1-19-13-7-9-14(10-8-13)20(17,18)11-15(16)12-5-3-2-4-6-12/h7-10,12H,2-6,11H2,1H3. The molecule has 1 aromatic rings. The molecule has 1 aliphatic carbocycles. The van der Waals surface area contributed by atoms with Gasteiger partial charge in [0.1, 0.15) is 11.5 Å². The zero-order valence-electron chi connectivity index (χ0n) is 11.7. The van der Waals surface area contributed by atoms with Crippen LogP contribution in [0.1, 0.15) is 32.1 Å². The van der Waals surface area contributed by atoms with E-state index >= 15 is 0 Å². The SMILES string of the molecule is COc1ccc(S(=O)(=O)CC(=O)C2CCCCC2)cc1. The first-order chi connectivity index (χ1) is 9.53. The Morgan fingerprint density at radius 3 is 2.30 bits per heavy atom. The molecule has 20 heavy (non-hydrogen) atoms. The molecule has 0 unspecified atom stereocenters. The highest BCUT2D eigenvalue weighted by Crippen LogP contribution is 2.26. The predicted octanol–water partition coefficient (Wildman–Crippen LogP) is 2.62. The number of ketones is 1. The molecule has 2 rings (SSSR count). The summed E-state index contributed by atoms with van der Waals surface area (Å²) in [6, 6.07) is 6.17. The number of ether oxygens (including phenoxy) is 1. The van der Waals surface area contributed by atoms with Crippen LogP contribution in [-0.2, 0) is 14.6 Å². The fourth-order valence-corrected chi connectivity index (χ4v) is 3.92. The number of benzene rings is 1. The molecule has 0 saturated heterocycles. The van der Waals surface area contributed by atoms with Crippen LogP contribution in [0.25, 0.3) is 0 Å². The molecule has 0 bridgehead atoms. The van der Waals surface area contributed by atoms with Crippen molar-refractivity contribution in [1.29, 1.82) is 0 Å². The summed E-state index contributed by atoms with van der Waals surface area (Å²) in [6.07, 6.45) is 4.86. The van der Waals surface area contributed by atoms with Gasteiger partial charge in [-0.3, -0.25) is 4.79 Å². The summed E-state index contributed by atoms with van der Waals surface area (Å²) in [5.41, 5.74) is 0. The fourth-order valence-electron chi connectivity index (χ4n) is 2.60. The lowest BCUT2D eigenvalue weighted by Gasteiger charge is -2.20. The van der Waals surface area contributed by atoms with E-state index in [1.807, 2.05) is 0 Å². The Labute approximate surface area is 120 Å². The minimum atomic E-state index is -3.54. The number of rotatable bonds is 5. The van der Waals surface area contributed by atoms with Crippen LogP contribution < -0.4 is 4.74 Å². The van der Waals surface area contributed by atoms with Crippen LogP contribution in [0.3, 0.4) is 0 Å². The van der Waals surface area contributed by atoms with Crippen LogP contribution >= 0.6 is 0 Å². The van der Waals surface area contributed by atoms with Crippen LogP contribution in [0.4, 0.5) is 0 Å². The number of carbonyl (C=O) groups is 1. The number of methoxy groups -OCH3 is 1. The molecular formula is C15H20O4S. The lowest BCUT2D eigenvalue weighted by molar-refractivity contribution is -0.121. The Morgan fingerprint density at radius 1 is 1.15 bits per heavy atom. The second-order valence-corrected chi connectivity index (χ2v) is 7.23. The molecule has 0 N–H and O–H groups in total. The highest BCUT2D eigenvalue weighted by Gasteiger charge is 2.26. The molecule has 1 aliphatic rings. The van der Waals surface area contributed by atoms with Crippen molar-refractivity contribution < 1.29 is 17.9 Å². The molecule has 4 nitrogen and oxygen atoms in total. The second kappa shape index (κ2) is 6.39. The van der Waals surface area contributed by atoms with Crippen LogP contribution in [0.15, 0.2) is 29.2 Å². The number of hydrogen-bond donors (Lipinski definition) is 0. The zero-order valence-corrected chi connectivity index (χ0v) is 12.5. The van der Waals surface area contributed by atoms with E-state index in [0.717, 1.165) is 32.1 Å². The van der Waals surface area contributed by atoms with Gasteiger partial charge in [0, 0.05) is 5.92 Å². The average Bonchev–Trinajstić information content (AvgIpc) is 2.48. The van der Waals surface area contributed by atoms with E-state index < -0.39 is 9.84 Å². The molecule has 0 aliphatic heterocycles. The lowest BCUT2D eigenvalue weighted by atomic mass is 9.87. The minimum Gasteiger partial charge on any atom is -0.497 e. The maximum atomic E-state index is 12.2. The molecule has 0 heterocycles. The van der Waals surface area contributed by atoms with Crippen molar-refractivity contribution in [3.8, 4) is 5.75 Å². The lowest BCUT2D eigenvalue weighted by Crippen LogP contribution is -2.25. The summed E-state index contributed by atoms with van der Waals surface area (Å²) in [5, 5.41) is 0. The number of carbonyl (C=O) groups excluding carboxylic acids is 1. The smallest absolute Gasteiger partial charge is 0.185 e. The van der Waals surface area contributed by atoms with Gasteiger partial charge in [-0.1, -0.05) is 19.3 Å². The minimum absolute atomic E-state index is 0.0724. The Morgan fingerprint density at radius 2 is 1.75 bits per heavy atom. The third kappa shape index (κ3) is 3.60. The highest BCUT2D eigenvalue weighted by atomic mass is 32.2. The summed E-state index contributed by atoms with van der Waals surface area (Å²) in [4.78, 5) is 12.3. The van der Waals surface area contributed by atoms with Crippen LogP contribution in [0, 0.1) is 5.92 Å². The third-order valence-corrected chi connectivity index (χ3v) is 5.47. The molecule has 0 spiro atoms. The average molecular weight is 296 g/mol. The van der Waals surface area contributed by atoms with Crippen molar-refractivity contribution >= 4 is 15.6 Å². The number of hydrogen-bond acceptors (Lipinski definition) is 4. The van der Waals surface area contributed by atoms with Crippen molar-refractivity contribution in [1.82, 2.24) is 0 Å². The first-order valence-electron chi connectivity index (χ1n) is 6.92. The van der Waals surface area contributed by atoms with Crippen LogP contribution in [0.5, 0.6) is 5.75 Å². The molecule has 0 radical (unpaired) electrons. The summed E-state index contributed by atoms with van der Waals surface area (Å²) >= 11 is 0. The van der Waals surface area contributed by atoms with E-state index in [0.29, 0.717) is 5.75 Å². The highest BCUT2D eigenvalue weighted by molar-refractivity contribution is 7.92. The topological polar surface area (TPSA) is 60.4 Å². The Hall–Kier alpha value is -1.36. The quantitative estimate of drug-likeness (QED) is 0.838. The van der Waals surface area contributed by atoms with E-state index in [1.54, 1.807) is 12.1 Å². The molecule has 5 heteroatoms. The Kier molecular flexibility index (Phi) is 4.81. The molecular weight excluding hydrogens is 276 g/mol. The van der Waals surface area contributed by atoms with E-state index in [4.69, 9.17) is 4.74 Å². The van der Waals surface area contributed by atoms with Crippen molar-refractivity contribution in [2.75, 3.05) is 12.9 Å². The zero-order chi connectivity index (χ0) is 14.6. The normalized spacial score (nSPS) is 16.9. The van der Waals surface area contributed by atoms with Gasteiger partial charge < -0.3 is 4.74 Å². The molecule has 0 aromatic heterocycles. The molecule has 1 saturated carbocycles.